The molecule has 0 bridgehead atoms. The van der Waals surface area contributed by atoms with E-state index in [0.717, 1.165) is 11.8 Å². The van der Waals surface area contributed by atoms with Gasteiger partial charge in [-0.25, -0.2) is 4.79 Å². The number of benzene rings is 2. The fourth-order valence-electron chi connectivity index (χ4n) is 2.25. The zero-order valence-electron chi connectivity index (χ0n) is 12.5. The van der Waals surface area contributed by atoms with E-state index in [9.17, 15) is 19.8 Å². The Morgan fingerprint density at radius 2 is 1.88 bits per heavy atom. The highest BCUT2D eigenvalue weighted by molar-refractivity contribution is 8.27. The number of thiocarbonyl (C=S) groups is 1. The van der Waals surface area contributed by atoms with Crippen LogP contribution in [0.4, 0.5) is 5.69 Å². The monoisotopic (exact) mass is 373 g/mol. The van der Waals surface area contributed by atoms with Gasteiger partial charge >= 0.3 is 5.97 Å². The summed E-state index contributed by atoms with van der Waals surface area (Å²) in [4.78, 5) is 25.3. The van der Waals surface area contributed by atoms with Gasteiger partial charge in [-0.3, -0.25) is 9.69 Å². The minimum Gasteiger partial charge on any atom is -0.504 e. The maximum absolute atomic E-state index is 12.6. The number of phenols is 2. The number of nitrogens with zero attached hydrogens (tertiary/aromatic N) is 1. The first-order valence-electron chi connectivity index (χ1n) is 7.00. The third-order valence-electron chi connectivity index (χ3n) is 3.44. The van der Waals surface area contributed by atoms with E-state index in [4.69, 9.17) is 17.3 Å². The smallest absolute Gasteiger partial charge is 0.335 e. The average Bonchev–Trinajstić information content (AvgIpc) is 2.85. The molecular formula is C17H11NO5S2. The molecular weight excluding hydrogens is 362 g/mol. The van der Waals surface area contributed by atoms with Crippen molar-refractivity contribution in [2.45, 2.75) is 0 Å². The van der Waals surface area contributed by atoms with Crippen LogP contribution in [0.25, 0.3) is 6.08 Å². The molecule has 0 aromatic heterocycles. The van der Waals surface area contributed by atoms with Crippen LogP contribution >= 0.6 is 24.0 Å². The molecule has 2 aromatic carbocycles. The van der Waals surface area contributed by atoms with Gasteiger partial charge in [0.1, 0.15) is 0 Å². The first-order valence-corrected chi connectivity index (χ1v) is 8.22. The molecule has 0 radical (unpaired) electrons. The number of anilines is 1. The molecule has 0 aliphatic carbocycles. The molecule has 1 fully saturated rings. The van der Waals surface area contributed by atoms with Gasteiger partial charge in [-0.1, -0.05) is 36.1 Å². The molecule has 1 heterocycles. The van der Waals surface area contributed by atoms with Gasteiger partial charge in [-0.2, -0.15) is 0 Å². The number of rotatable bonds is 3. The van der Waals surface area contributed by atoms with Crippen molar-refractivity contribution in [1.29, 1.82) is 0 Å². The maximum Gasteiger partial charge on any atom is 0.335 e. The zero-order valence-corrected chi connectivity index (χ0v) is 14.2. The lowest BCUT2D eigenvalue weighted by Gasteiger charge is -2.14. The number of amides is 1. The van der Waals surface area contributed by atoms with E-state index in [1.54, 1.807) is 24.3 Å². The van der Waals surface area contributed by atoms with Crippen LogP contribution in [0.2, 0.25) is 0 Å². The minimum absolute atomic E-state index is 0.0546. The molecule has 1 aliphatic rings. The summed E-state index contributed by atoms with van der Waals surface area (Å²) < 4.78 is 0.279. The van der Waals surface area contributed by atoms with Crippen LogP contribution in [0.1, 0.15) is 15.9 Å². The molecule has 1 aliphatic heterocycles. The summed E-state index contributed by atoms with van der Waals surface area (Å²) in [6, 6.07) is 10.1. The number of hydrogen-bond donors (Lipinski definition) is 3. The van der Waals surface area contributed by atoms with Crippen LogP contribution < -0.4 is 4.90 Å². The predicted molar refractivity (Wildman–Crippen MR) is 98.8 cm³/mol. The summed E-state index contributed by atoms with van der Waals surface area (Å²) in [7, 11) is 0. The number of hydrogen-bond acceptors (Lipinski definition) is 6. The summed E-state index contributed by atoms with van der Waals surface area (Å²) >= 11 is 6.31. The fraction of sp³-hybridized carbons (Fsp3) is 0. The number of carboxylic acids is 1. The summed E-state index contributed by atoms with van der Waals surface area (Å²) in [6.45, 7) is 0. The van der Waals surface area contributed by atoms with Crippen molar-refractivity contribution in [3.05, 3.63) is 58.5 Å². The first kappa shape index (κ1) is 17.0. The molecule has 1 saturated heterocycles. The average molecular weight is 373 g/mol. The van der Waals surface area contributed by atoms with E-state index in [-0.39, 0.29) is 27.3 Å². The molecule has 0 saturated carbocycles. The molecule has 0 atom stereocenters. The van der Waals surface area contributed by atoms with E-state index >= 15 is 0 Å². The van der Waals surface area contributed by atoms with Gasteiger partial charge in [-0.05, 0) is 42.0 Å². The topological polar surface area (TPSA) is 98.1 Å². The number of aromatic carboxylic acids is 1. The van der Waals surface area contributed by atoms with Crippen LogP contribution in [0.5, 0.6) is 11.5 Å². The van der Waals surface area contributed by atoms with Gasteiger partial charge in [0.15, 0.2) is 15.8 Å². The number of carboxylic acid groups (broad SMARTS) is 1. The molecule has 2 aromatic rings. The third-order valence-corrected chi connectivity index (χ3v) is 4.74. The molecule has 3 rings (SSSR count). The van der Waals surface area contributed by atoms with Crippen molar-refractivity contribution in [2.24, 2.45) is 0 Å². The zero-order chi connectivity index (χ0) is 18.1. The van der Waals surface area contributed by atoms with Gasteiger partial charge in [0.2, 0.25) is 0 Å². The van der Waals surface area contributed by atoms with Gasteiger partial charge in [0, 0.05) is 0 Å². The number of carbonyl (C=O) groups excluding carboxylic acids is 1. The lowest BCUT2D eigenvalue weighted by Crippen LogP contribution is -2.27. The van der Waals surface area contributed by atoms with E-state index in [1.807, 2.05) is 0 Å². The number of carbonyl (C=O) groups is 2. The van der Waals surface area contributed by atoms with E-state index in [2.05, 4.69) is 0 Å². The first-order chi connectivity index (χ1) is 11.9. The van der Waals surface area contributed by atoms with Crippen LogP contribution in [0, 0.1) is 0 Å². The maximum atomic E-state index is 12.6. The van der Waals surface area contributed by atoms with E-state index in [1.165, 1.54) is 29.2 Å². The van der Waals surface area contributed by atoms with E-state index < -0.39 is 5.97 Å². The second kappa shape index (κ2) is 6.58. The van der Waals surface area contributed by atoms with Crippen LogP contribution in [0.15, 0.2) is 47.4 Å². The van der Waals surface area contributed by atoms with Gasteiger partial charge < -0.3 is 15.3 Å². The molecule has 0 unspecified atom stereocenters. The molecule has 126 valence electrons. The quantitative estimate of drug-likeness (QED) is 0.432. The Bertz CT molecular complexity index is 938. The summed E-state index contributed by atoms with van der Waals surface area (Å²) in [5, 5.41) is 28.0. The van der Waals surface area contributed by atoms with Crippen molar-refractivity contribution in [1.82, 2.24) is 0 Å². The van der Waals surface area contributed by atoms with Crippen LogP contribution in [-0.4, -0.2) is 31.5 Å². The predicted octanol–water partition coefficient (Wildman–Crippen LogP) is 3.20. The lowest BCUT2D eigenvalue weighted by atomic mass is 10.1. The number of aromatic hydroxyl groups is 2. The van der Waals surface area contributed by atoms with Crippen molar-refractivity contribution < 1.29 is 24.9 Å². The second-order valence-corrected chi connectivity index (χ2v) is 6.80. The molecule has 1 amide bonds. The minimum atomic E-state index is -1.09. The van der Waals surface area contributed by atoms with Crippen molar-refractivity contribution in [3.8, 4) is 11.5 Å². The van der Waals surface area contributed by atoms with Gasteiger partial charge in [-0.15, -0.1) is 0 Å². The van der Waals surface area contributed by atoms with Gasteiger partial charge in [0.25, 0.3) is 5.91 Å². The normalized spacial score (nSPS) is 15.8. The van der Waals surface area contributed by atoms with Crippen molar-refractivity contribution in [3.63, 3.8) is 0 Å². The Morgan fingerprint density at radius 3 is 2.56 bits per heavy atom. The standard InChI is InChI=1S/C17H11NO5S2/c19-12-5-4-9(6-13(12)20)7-14-15(21)18(17(24)25-14)11-3-1-2-10(8-11)16(22)23/h1-8,19-20H,(H,22,23)/b14-7-. The molecule has 6 nitrogen and oxygen atoms in total. The summed E-state index contributed by atoms with van der Waals surface area (Å²) in [5.41, 5.74) is 0.952. The Morgan fingerprint density at radius 1 is 1.12 bits per heavy atom. The summed E-state index contributed by atoms with van der Waals surface area (Å²) in [5.74, 6) is -2.03. The summed E-state index contributed by atoms with van der Waals surface area (Å²) in [6.07, 6.45) is 1.54. The Labute approximate surface area is 152 Å². The number of thioether (sulfide) groups is 1. The van der Waals surface area contributed by atoms with Gasteiger partial charge in [0.05, 0.1) is 16.2 Å². The Hall–Kier alpha value is -2.84. The van der Waals surface area contributed by atoms with Crippen molar-refractivity contribution in [2.75, 3.05) is 4.90 Å². The highest BCUT2D eigenvalue weighted by Crippen LogP contribution is 2.37. The fourth-order valence-corrected chi connectivity index (χ4v) is 3.55. The third kappa shape index (κ3) is 3.35. The van der Waals surface area contributed by atoms with Crippen LogP contribution in [-0.2, 0) is 4.79 Å². The highest BCUT2D eigenvalue weighted by Gasteiger charge is 2.33. The largest absolute Gasteiger partial charge is 0.504 e. The second-order valence-electron chi connectivity index (χ2n) is 5.12. The number of phenolic OH excluding ortho intramolecular Hbond substituents is 2. The van der Waals surface area contributed by atoms with E-state index in [0.29, 0.717) is 16.2 Å². The molecule has 0 spiro atoms. The SMILES string of the molecule is O=C(O)c1cccc(N2C(=O)/C(=C/c3ccc(O)c(O)c3)SC2=S)c1. The Kier molecular flexibility index (Phi) is 4.47. The highest BCUT2D eigenvalue weighted by atomic mass is 32.2. The van der Waals surface area contributed by atoms with Crippen LogP contribution in [0.3, 0.4) is 0 Å². The molecule has 3 N–H and O–H groups in total. The Balaban J connectivity index is 1.94. The molecule has 8 heteroatoms. The van der Waals surface area contributed by atoms with Crippen molar-refractivity contribution >= 4 is 51.9 Å². The lowest BCUT2D eigenvalue weighted by molar-refractivity contribution is -0.113. The molecule has 25 heavy (non-hydrogen) atoms.